The fourth-order valence-electron chi connectivity index (χ4n) is 1.39. The van der Waals surface area contributed by atoms with Crippen molar-refractivity contribution in [1.82, 2.24) is 4.98 Å². The number of aromatic nitrogens is 1. The van der Waals surface area contributed by atoms with Crippen LogP contribution in [0.15, 0.2) is 36.5 Å². The van der Waals surface area contributed by atoms with Gasteiger partial charge < -0.3 is 10.5 Å². The van der Waals surface area contributed by atoms with Crippen molar-refractivity contribution in [2.24, 2.45) is 0 Å². The lowest BCUT2D eigenvalue weighted by Gasteiger charge is -2.12. The van der Waals surface area contributed by atoms with Gasteiger partial charge in [-0.3, -0.25) is 0 Å². The Balaban J connectivity index is 2.39. The molecule has 7 heteroatoms. The molecule has 0 spiro atoms. The molecular weight excluding hydrogens is 264 g/mol. The van der Waals surface area contributed by atoms with Gasteiger partial charge in [-0.05, 0) is 24.3 Å². The summed E-state index contributed by atoms with van der Waals surface area (Å²) in [6, 6.07) is 5.33. The summed E-state index contributed by atoms with van der Waals surface area (Å²) in [6.07, 6.45) is -3.51. The van der Waals surface area contributed by atoms with E-state index in [2.05, 4.69) is 4.98 Å². The number of nitrogens with two attached hydrogens (primary N) is 1. The van der Waals surface area contributed by atoms with E-state index in [1.807, 2.05) is 0 Å². The molecule has 0 aliphatic heterocycles. The van der Waals surface area contributed by atoms with Crippen LogP contribution in [0, 0.1) is 5.82 Å². The zero-order valence-corrected chi connectivity index (χ0v) is 9.41. The van der Waals surface area contributed by atoms with E-state index >= 15 is 0 Å². The van der Waals surface area contributed by atoms with Crippen molar-refractivity contribution in [2.45, 2.75) is 6.18 Å². The second kappa shape index (κ2) is 4.75. The van der Waals surface area contributed by atoms with Gasteiger partial charge in [-0.15, -0.1) is 0 Å². The molecule has 0 saturated heterocycles. The Labute approximate surface area is 105 Å². The molecule has 2 rings (SSSR count). The van der Waals surface area contributed by atoms with Gasteiger partial charge in [0.2, 0.25) is 5.88 Å². The van der Waals surface area contributed by atoms with Crippen molar-refractivity contribution in [3.63, 3.8) is 0 Å². The van der Waals surface area contributed by atoms with Crippen molar-refractivity contribution < 1.29 is 22.3 Å². The maximum absolute atomic E-state index is 13.5. The molecular formula is C12H8F4N2O. The lowest BCUT2D eigenvalue weighted by Crippen LogP contribution is -2.08. The van der Waals surface area contributed by atoms with Crippen LogP contribution in [-0.4, -0.2) is 4.98 Å². The summed E-state index contributed by atoms with van der Waals surface area (Å²) in [7, 11) is 0. The highest BCUT2D eigenvalue weighted by molar-refractivity contribution is 5.44. The Hall–Kier alpha value is -2.31. The van der Waals surface area contributed by atoms with Crippen LogP contribution in [0.25, 0.3) is 0 Å². The number of benzene rings is 1. The van der Waals surface area contributed by atoms with Crippen LogP contribution in [0.5, 0.6) is 11.6 Å². The first-order chi connectivity index (χ1) is 8.88. The molecule has 2 N–H and O–H groups in total. The summed E-state index contributed by atoms with van der Waals surface area (Å²) in [5.41, 5.74) is 4.39. The highest BCUT2D eigenvalue weighted by atomic mass is 19.4. The zero-order valence-electron chi connectivity index (χ0n) is 9.41. The summed E-state index contributed by atoms with van der Waals surface area (Å²) in [6.45, 7) is 0. The number of nitrogens with zero attached hydrogens (tertiary/aromatic N) is 1. The van der Waals surface area contributed by atoms with Gasteiger partial charge in [0.1, 0.15) is 5.56 Å². The van der Waals surface area contributed by atoms with E-state index in [0.29, 0.717) is 0 Å². The Morgan fingerprint density at radius 2 is 1.89 bits per heavy atom. The number of halogens is 4. The summed E-state index contributed by atoms with van der Waals surface area (Å²) >= 11 is 0. The van der Waals surface area contributed by atoms with Crippen LogP contribution in [0.3, 0.4) is 0 Å². The van der Waals surface area contributed by atoms with E-state index in [1.165, 1.54) is 6.07 Å². The van der Waals surface area contributed by atoms with E-state index in [4.69, 9.17) is 10.5 Å². The normalized spacial score (nSPS) is 11.4. The molecule has 0 amide bonds. The summed E-state index contributed by atoms with van der Waals surface area (Å²) in [5, 5.41) is 0. The Morgan fingerprint density at radius 1 is 1.16 bits per heavy atom. The maximum atomic E-state index is 13.5. The number of anilines is 1. The highest BCUT2D eigenvalue weighted by Crippen LogP contribution is 2.37. The minimum absolute atomic E-state index is 0.141. The van der Waals surface area contributed by atoms with Crippen molar-refractivity contribution in [2.75, 3.05) is 5.73 Å². The molecule has 100 valence electrons. The van der Waals surface area contributed by atoms with Gasteiger partial charge in [0, 0.05) is 18.0 Å². The first-order valence-corrected chi connectivity index (χ1v) is 5.13. The van der Waals surface area contributed by atoms with E-state index in [9.17, 15) is 17.6 Å². The van der Waals surface area contributed by atoms with Crippen LogP contribution in [0.1, 0.15) is 5.56 Å². The first kappa shape index (κ1) is 13.1. The molecule has 0 bridgehead atoms. The predicted molar refractivity (Wildman–Crippen MR) is 60.1 cm³/mol. The Bertz CT molecular complexity index is 599. The monoisotopic (exact) mass is 272 g/mol. The lowest BCUT2D eigenvalue weighted by molar-refractivity contribution is -0.138. The topological polar surface area (TPSA) is 48.1 Å². The predicted octanol–water partition coefficient (Wildman–Crippen LogP) is 3.61. The molecule has 2 aromatic rings. The summed E-state index contributed by atoms with van der Waals surface area (Å²) in [4.78, 5) is 3.46. The van der Waals surface area contributed by atoms with Crippen molar-refractivity contribution >= 4 is 5.69 Å². The SMILES string of the molecule is Nc1ccc(Oc2ncccc2C(F)(F)F)c(F)c1. The molecule has 3 nitrogen and oxygen atoms in total. The molecule has 0 aliphatic rings. The Morgan fingerprint density at radius 3 is 2.53 bits per heavy atom. The number of hydrogen-bond donors (Lipinski definition) is 1. The number of rotatable bonds is 2. The molecule has 0 fully saturated rings. The Kier molecular flexibility index (Phi) is 3.28. The molecule has 1 aromatic heterocycles. The average molecular weight is 272 g/mol. The van der Waals surface area contributed by atoms with Crippen molar-refractivity contribution in [3.05, 3.63) is 47.9 Å². The molecule has 0 atom stereocenters. The number of pyridine rings is 1. The van der Waals surface area contributed by atoms with Crippen molar-refractivity contribution in [1.29, 1.82) is 0 Å². The van der Waals surface area contributed by atoms with Crippen LogP contribution in [0.2, 0.25) is 0 Å². The molecule has 1 heterocycles. The molecule has 19 heavy (non-hydrogen) atoms. The minimum atomic E-state index is -4.63. The minimum Gasteiger partial charge on any atom is -0.435 e. The standard InChI is InChI=1S/C12H8F4N2O/c13-9-6-7(17)3-4-10(9)19-11-8(12(14,15)16)2-1-5-18-11/h1-6H,17H2. The van der Waals surface area contributed by atoms with Crippen LogP contribution < -0.4 is 10.5 Å². The number of nitrogen functional groups attached to an aromatic ring is 1. The third kappa shape index (κ3) is 2.93. The number of alkyl halides is 3. The molecule has 0 saturated carbocycles. The van der Waals surface area contributed by atoms with Crippen molar-refractivity contribution in [3.8, 4) is 11.6 Å². The van der Waals surface area contributed by atoms with Gasteiger partial charge in [0.15, 0.2) is 11.6 Å². The van der Waals surface area contributed by atoms with E-state index in [0.717, 1.165) is 30.5 Å². The van der Waals surface area contributed by atoms with Gasteiger partial charge in [0.05, 0.1) is 0 Å². The van der Waals surface area contributed by atoms with Gasteiger partial charge in [0.25, 0.3) is 0 Å². The maximum Gasteiger partial charge on any atom is 0.421 e. The van der Waals surface area contributed by atoms with Crippen LogP contribution in [-0.2, 0) is 6.18 Å². The van der Waals surface area contributed by atoms with Crippen LogP contribution in [0.4, 0.5) is 23.2 Å². The average Bonchev–Trinajstić information content (AvgIpc) is 2.32. The van der Waals surface area contributed by atoms with Gasteiger partial charge in [-0.2, -0.15) is 13.2 Å². The fraction of sp³-hybridized carbons (Fsp3) is 0.0833. The second-order valence-electron chi connectivity index (χ2n) is 3.65. The quantitative estimate of drug-likeness (QED) is 0.671. The zero-order chi connectivity index (χ0) is 14.0. The van der Waals surface area contributed by atoms with E-state index in [-0.39, 0.29) is 11.4 Å². The van der Waals surface area contributed by atoms with Gasteiger partial charge in [-0.1, -0.05) is 0 Å². The van der Waals surface area contributed by atoms with E-state index < -0.39 is 23.4 Å². The van der Waals surface area contributed by atoms with E-state index in [1.54, 1.807) is 0 Å². The first-order valence-electron chi connectivity index (χ1n) is 5.13. The third-order valence-electron chi connectivity index (χ3n) is 2.24. The van der Waals surface area contributed by atoms with Crippen LogP contribution >= 0.6 is 0 Å². The molecule has 0 aliphatic carbocycles. The summed E-state index contributed by atoms with van der Waals surface area (Å²) < 4.78 is 56.4. The highest BCUT2D eigenvalue weighted by Gasteiger charge is 2.35. The third-order valence-corrected chi connectivity index (χ3v) is 2.24. The molecule has 1 aromatic carbocycles. The smallest absolute Gasteiger partial charge is 0.421 e. The second-order valence-corrected chi connectivity index (χ2v) is 3.65. The van der Waals surface area contributed by atoms with Gasteiger partial charge in [-0.25, -0.2) is 9.37 Å². The number of hydrogen-bond acceptors (Lipinski definition) is 3. The summed E-state index contributed by atoms with van der Waals surface area (Å²) in [5.74, 6) is -1.95. The van der Waals surface area contributed by atoms with Gasteiger partial charge >= 0.3 is 6.18 Å². The largest absolute Gasteiger partial charge is 0.435 e. The molecule has 0 radical (unpaired) electrons. The fourth-order valence-corrected chi connectivity index (χ4v) is 1.39. The molecule has 0 unspecified atom stereocenters. The lowest BCUT2D eigenvalue weighted by atomic mass is 10.2. The number of ether oxygens (including phenoxy) is 1.